The molecule has 1 aromatic carbocycles. The van der Waals surface area contributed by atoms with Crippen LogP contribution in [0.5, 0.6) is 5.75 Å². The van der Waals surface area contributed by atoms with Crippen molar-refractivity contribution < 1.29 is 35.5 Å². The maximum absolute atomic E-state index is 14.0. The highest BCUT2D eigenvalue weighted by Crippen LogP contribution is 2.42. The lowest BCUT2D eigenvalue weighted by Gasteiger charge is -2.50. The first-order valence-corrected chi connectivity index (χ1v) is 13.5. The van der Waals surface area contributed by atoms with Gasteiger partial charge >= 0.3 is 6.61 Å². The summed E-state index contributed by atoms with van der Waals surface area (Å²) in [5, 5.41) is 2.81. The summed E-state index contributed by atoms with van der Waals surface area (Å²) in [5.41, 5.74) is -0.963. The minimum atomic E-state index is -3.38. The Bertz CT molecular complexity index is 994. The molecule has 1 saturated heterocycles. The molecule has 1 amide bonds. The molecule has 0 unspecified atom stereocenters. The number of benzene rings is 1. The van der Waals surface area contributed by atoms with Crippen molar-refractivity contribution in [1.82, 2.24) is 14.5 Å². The van der Waals surface area contributed by atoms with E-state index in [9.17, 15) is 30.8 Å². The molecule has 2 fully saturated rings. The Labute approximate surface area is 207 Å². The number of amides is 1. The fourth-order valence-corrected chi connectivity index (χ4v) is 6.39. The molecule has 1 aromatic rings. The fraction of sp³-hybridized carbons (Fsp3) is 0.682. The van der Waals surface area contributed by atoms with Crippen molar-refractivity contribution in [1.29, 1.82) is 0 Å². The minimum Gasteiger partial charge on any atom is -0.434 e. The van der Waals surface area contributed by atoms with Crippen LogP contribution in [-0.2, 0) is 10.0 Å². The highest BCUT2D eigenvalue weighted by Gasteiger charge is 2.47. The van der Waals surface area contributed by atoms with Crippen molar-refractivity contribution in [3.05, 3.63) is 28.8 Å². The average molecular weight is 544 g/mol. The standard InChI is InChI=1S/C22H30ClF4N3O4S/c1-2-13-35(32,33)30-11-9-29(10-12-30)21(5-7-22(26,27)8-6-21)15-28-19(31)17-4-3-16(23)14-18(17)34-20(24)25/h3-4,14,20H,2,5-13,15H2,1H3,(H,28,31). The van der Waals surface area contributed by atoms with Crippen LogP contribution in [0.1, 0.15) is 49.4 Å². The van der Waals surface area contributed by atoms with Crippen LogP contribution in [0.4, 0.5) is 17.6 Å². The van der Waals surface area contributed by atoms with Gasteiger partial charge in [-0.1, -0.05) is 18.5 Å². The van der Waals surface area contributed by atoms with Crippen molar-refractivity contribution in [3.63, 3.8) is 0 Å². The maximum atomic E-state index is 14.0. The van der Waals surface area contributed by atoms with Gasteiger partial charge in [-0.3, -0.25) is 9.69 Å². The van der Waals surface area contributed by atoms with Gasteiger partial charge in [0.15, 0.2) is 0 Å². The van der Waals surface area contributed by atoms with E-state index in [0.29, 0.717) is 19.5 Å². The second-order valence-corrected chi connectivity index (χ2v) is 11.5. The second-order valence-electron chi connectivity index (χ2n) is 8.98. The van der Waals surface area contributed by atoms with Crippen LogP contribution < -0.4 is 10.1 Å². The van der Waals surface area contributed by atoms with Gasteiger partial charge in [0, 0.05) is 56.1 Å². The molecule has 0 radical (unpaired) electrons. The second kappa shape index (κ2) is 11.2. The van der Waals surface area contributed by atoms with Gasteiger partial charge in [-0.05, 0) is 37.5 Å². The van der Waals surface area contributed by atoms with E-state index in [0.717, 1.165) is 6.07 Å². The third-order valence-electron chi connectivity index (χ3n) is 6.66. The number of hydrogen-bond donors (Lipinski definition) is 1. The molecule has 1 saturated carbocycles. The zero-order chi connectivity index (χ0) is 25.9. The largest absolute Gasteiger partial charge is 0.434 e. The van der Waals surface area contributed by atoms with E-state index in [-0.39, 0.29) is 67.4 Å². The van der Waals surface area contributed by atoms with Gasteiger partial charge in [0.25, 0.3) is 5.91 Å². The van der Waals surface area contributed by atoms with E-state index < -0.39 is 34.0 Å². The Morgan fingerprint density at radius 1 is 1.14 bits per heavy atom. The number of nitrogens with zero attached hydrogens (tertiary/aromatic N) is 2. The molecule has 3 rings (SSSR count). The number of halogens is 5. The van der Waals surface area contributed by atoms with Gasteiger partial charge in [-0.2, -0.15) is 13.1 Å². The predicted octanol–water partition coefficient (Wildman–Crippen LogP) is 3.98. The van der Waals surface area contributed by atoms with E-state index >= 15 is 0 Å². The van der Waals surface area contributed by atoms with Gasteiger partial charge in [0.1, 0.15) is 5.75 Å². The lowest BCUT2D eigenvalue weighted by molar-refractivity contribution is -0.0856. The van der Waals surface area contributed by atoms with Crippen LogP contribution in [0, 0.1) is 0 Å². The predicted molar refractivity (Wildman–Crippen MR) is 124 cm³/mol. The van der Waals surface area contributed by atoms with Gasteiger partial charge < -0.3 is 10.1 Å². The van der Waals surface area contributed by atoms with Crippen molar-refractivity contribution in [2.75, 3.05) is 38.5 Å². The summed E-state index contributed by atoms with van der Waals surface area (Å²) in [7, 11) is -3.38. The van der Waals surface area contributed by atoms with Crippen LogP contribution >= 0.6 is 11.6 Å². The average Bonchev–Trinajstić information content (AvgIpc) is 2.78. The highest BCUT2D eigenvalue weighted by molar-refractivity contribution is 7.89. The molecule has 1 heterocycles. The van der Waals surface area contributed by atoms with Crippen LogP contribution in [0.25, 0.3) is 0 Å². The van der Waals surface area contributed by atoms with Gasteiger partial charge in [-0.15, -0.1) is 0 Å². The van der Waals surface area contributed by atoms with Gasteiger partial charge in [0.05, 0.1) is 11.3 Å². The Morgan fingerprint density at radius 2 is 1.77 bits per heavy atom. The number of alkyl halides is 4. The summed E-state index contributed by atoms with van der Waals surface area (Å²) in [5.74, 6) is -3.85. The Kier molecular flexibility index (Phi) is 8.93. The summed E-state index contributed by atoms with van der Waals surface area (Å²) < 4.78 is 84.2. The first-order chi connectivity index (χ1) is 16.4. The fourth-order valence-electron chi connectivity index (χ4n) is 4.73. The monoisotopic (exact) mass is 543 g/mol. The topological polar surface area (TPSA) is 79.0 Å². The molecule has 0 atom stereocenters. The molecule has 0 bridgehead atoms. The molecule has 0 aromatic heterocycles. The molecule has 1 aliphatic carbocycles. The molecule has 0 spiro atoms. The molecule has 198 valence electrons. The number of piperazine rings is 1. The van der Waals surface area contributed by atoms with Crippen molar-refractivity contribution in [2.24, 2.45) is 0 Å². The van der Waals surface area contributed by atoms with Crippen LogP contribution in [0.3, 0.4) is 0 Å². The lowest BCUT2D eigenvalue weighted by atomic mass is 9.78. The summed E-state index contributed by atoms with van der Waals surface area (Å²) >= 11 is 5.84. The SMILES string of the molecule is CCCS(=O)(=O)N1CCN(C2(CNC(=O)c3ccc(Cl)cc3OC(F)F)CCC(F)(F)CC2)CC1. The third kappa shape index (κ3) is 6.99. The Balaban J connectivity index is 1.75. The number of carbonyl (C=O) groups excluding carboxylic acids is 1. The molecular formula is C22H30ClF4N3O4S. The quantitative estimate of drug-likeness (QED) is 0.477. The Morgan fingerprint density at radius 3 is 2.34 bits per heavy atom. The van der Waals surface area contributed by atoms with Gasteiger partial charge in [0.2, 0.25) is 15.9 Å². The maximum Gasteiger partial charge on any atom is 0.387 e. The number of nitrogens with one attached hydrogen (secondary N) is 1. The van der Waals surface area contributed by atoms with Crippen molar-refractivity contribution >= 4 is 27.5 Å². The lowest BCUT2D eigenvalue weighted by Crippen LogP contribution is -2.63. The minimum absolute atomic E-state index is 0.000365. The molecule has 1 N–H and O–H groups in total. The van der Waals surface area contributed by atoms with Crippen LogP contribution in [0.2, 0.25) is 5.02 Å². The van der Waals surface area contributed by atoms with Crippen molar-refractivity contribution in [2.45, 2.75) is 57.1 Å². The first kappa shape index (κ1) is 27.9. The van der Waals surface area contributed by atoms with Crippen molar-refractivity contribution in [3.8, 4) is 5.75 Å². The van der Waals surface area contributed by atoms with Crippen LogP contribution in [-0.4, -0.2) is 80.1 Å². The number of sulfonamides is 1. The number of ether oxygens (including phenoxy) is 1. The number of hydrogen-bond acceptors (Lipinski definition) is 5. The first-order valence-electron chi connectivity index (χ1n) is 11.5. The van der Waals surface area contributed by atoms with Crippen LogP contribution in [0.15, 0.2) is 18.2 Å². The van der Waals surface area contributed by atoms with E-state index in [1.165, 1.54) is 16.4 Å². The summed E-state index contributed by atoms with van der Waals surface area (Å²) in [6, 6.07) is 3.73. The summed E-state index contributed by atoms with van der Waals surface area (Å²) in [6.07, 6.45) is -0.0304. The molecule has 35 heavy (non-hydrogen) atoms. The van der Waals surface area contributed by atoms with Gasteiger partial charge in [-0.25, -0.2) is 17.2 Å². The zero-order valence-corrected chi connectivity index (χ0v) is 21.0. The molecule has 7 nitrogen and oxygen atoms in total. The summed E-state index contributed by atoms with van der Waals surface area (Å²) in [6.45, 7) is -0.231. The summed E-state index contributed by atoms with van der Waals surface area (Å²) in [4.78, 5) is 14.8. The van der Waals surface area contributed by atoms with E-state index in [2.05, 4.69) is 10.1 Å². The smallest absolute Gasteiger partial charge is 0.387 e. The molecule has 13 heteroatoms. The molecule has 1 aliphatic heterocycles. The van der Waals surface area contributed by atoms with E-state index in [1.807, 2.05) is 4.90 Å². The molecule has 2 aliphatic rings. The normalized spacial score (nSPS) is 21.1. The molecular weight excluding hydrogens is 514 g/mol. The third-order valence-corrected chi connectivity index (χ3v) is 8.97. The Hall–Kier alpha value is -1.63. The zero-order valence-electron chi connectivity index (χ0n) is 19.4. The number of carbonyl (C=O) groups is 1. The number of rotatable bonds is 9. The van der Waals surface area contributed by atoms with E-state index in [1.54, 1.807) is 6.92 Å². The highest BCUT2D eigenvalue weighted by atomic mass is 35.5. The van der Waals surface area contributed by atoms with E-state index in [4.69, 9.17) is 11.6 Å².